The van der Waals surface area contributed by atoms with E-state index in [4.69, 9.17) is 0 Å². The van der Waals surface area contributed by atoms with E-state index in [-0.39, 0.29) is 5.56 Å². The zero-order chi connectivity index (χ0) is 23.5. The van der Waals surface area contributed by atoms with Gasteiger partial charge < -0.3 is 0 Å². The number of benzene rings is 1. The lowest BCUT2D eigenvalue weighted by atomic mass is 9.77. The molecular formula is C29H42F2N2. The van der Waals surface area contributed by atoms with Gasteiger partial charge >= 0.3 is 0 Å². The second-order valence-electron chi connectivity index (χ2n) is 10.0. The van der Waals surface area contributed by atoms with Crippen LogP contribution < -0.4 is 0 Å². The Balaban J connectivity index is 1.47. The molecule has 0 aliphatic heterocycles. The summed E-state index contributed by atoms with van der Waals surface area (Å²) in [7, 11) is 0. The summed E-state index contributed by atoms with van der Waals surface area (Å²) in [5.41, 5.74) is 1.97. The minimum Gasteiger partial charge on any atom is -0.203 e. The topological polar surface area (TPSA) is 25.8 Å². The molecule has 2 nitrogen and oxygen atoms in total. The third kappa shape index (κ3) is 7.86. The van der Waals surface area contributed by atoms with Crippen LogP contribution in [0.25, 0.3) is 11.3 Å². The molecule has 0 radical (unpaired) electrons. The average molecular weight is 457 g/mol. The Labute approximate surface area is 199 Å². The number of unbranched alkanes of at least 4 members (excludes halogenated alkanes) is 5. The van der Waals surface area contributed by atoms with Crippen LogP contribution in [0.3, 0.4) is 0 Å². The lowest BCUT2D eigenvalue weighted by Crippen LogP contribution is -2.15. The molecule has 1 fully saturated rings. The van der Waals surface area contributed by atoms with E-state index in [9.17, 15) is 8.78 Å². The Morgan fingerprint density at radius 1 is 0.697 bits per heavy atom. The van der Waals surface area contributed by atoms with Crippen molar-refractivity contribution in [3.63, 3.8) is 0 Å². The molecule has 0 bridgehead atoms. The SMILES string of the molecule is CCCCCCCC1CCC(CCc2ccc(-c3ccc(CCCC)nn3)c(F)c2F)CC1. The van der Waals surface area contributed by atoms with Crippen LogP contribution in [-0.2, 0) is 12.8 Å². The van der Waals surface area contributed by atoms with Crippen LogP contribution in [0.2, 0.25) is 0 Å². The van der Waals surface area contributed by atoms with Crippen molar-refractivity contribution in [2.45, 2.75) is 110 Å². The van der Waals surface area contributed by atoms with Crippen LogP contribution in [0.15, 0.2) is 24.3 Å². The number of nitrogens with zero attached hydrogens (tertiary/aromatic N) is 2. The Hall–Kier alpha value is -1.84. The molecule has 2 aromatic rings. The highest BCUT2D eigenvalue weighted by atomic mass is 19.2. The van der Waals surface area contributed by atoms with Gasteiger partial charge in [0.25, 0.3) is 0 Å². The molecule has 1 aromatic heterocycles. The third-order valence-corrected chi connectivity index (χ3v) is 7.45. The highest BCUT2D eigenvalue weighted by molar-refractivity contribution is 5.60. The molecule has 182 valence electrons. The van der Waals surface area contributed by atoms with E-state index in [0.29, 0.717) is 23.6 Å². The first-order valence-electron chi connectivity index (χ1n) is 13.4. The average Bonchev–Trinajstić information content (AvgIpc) is 2.85. The van der Waals surface area contributed by atoms with E-state index in [1.807, 2.05) is 6.07 Å². The van der Waals surface area contributed by atoms with Crippen molar-refractivity contribution in [1.29, 1.82) is 0 Å². The molecule has 1 aliphatic carbocycles. The van der Waals surface area contributed by atoms with Crippen molar-refractivity contribution < 1.29 is 8.78 Å². The number of hydrogen-bond donors (Lipinski definition) is 0. The Kier molecular flexibility index (Phi) is 10.8. The van der Waals surface area contributed by atoms with E-state index in [2.05, 4.69) is 24.0 Å². The van der Waals surface area contributed by atoms with Gasteiger partial charge in [0, 0.05) is 5.56 Å². The van der Waals surface area contributed by atoms with E-state index in [1.54, 1.807) is 18.2 Å². The van der Waals surface area contributed by atoms with Crippen LogP contribution >= 0.6 is 0 Å². The quantitative estimate of drug-likeness (QED) is 0.281. The molecule has 1 heterocycles. The predicted octanol–water partition coefficient (Wildman–Crippen LogP) is 8.86. The molecule has 0 amide bonds. The van der Waals surface area contributed by atoms with Gasteiger partial charge in [-0.15, -0.1) is 0 Å². The van der Waals surface area contributed by atoms with Gasteiger partial charge in [-0.3, -0.25) is 0 Å². The molecule has 4 heteroatoms. The minimum atomic E-state index is -0.796. The summed E-state index contributed by atoms with van der Waals surface area (Å²) in [6.45, 7) is 4.39. The van der Waals surface area contributed by atoms with E-state index < -0.39 is 11.6 Å². The number of hydrogen-bond acceptors (Lipinski definition) is 2. The summed E-state index contributed by atoms with van der Waals surface area (Å²) in [6.07, 6.45) is 17.8. The second kappa shape index (κ2) is 13.8. The standard InChI is InChI=1S/C29H42F2N2/c1-3-5-7-8-9-10-22-12-14-23(15-13-22)16-17-24-18-20-26(29(31)28(24)30)27-21-19-25(32-33-27)11-6-4-2/h18-23H,3-17H2,1-2H3. The minimum absolute atomic E-state index is 0.199. The zero-order valence-electron chi connectivity index (χ0n) is 20.7. The second-order valence-corrected chi connectivity index (χ2v) is 10.0. The van der Waals surface area contributed by atoms with Gasteiger partial charge in [-0.1, -0.05) is 90.5 Å². The maximum Gasteiger partial charge on any atom is 0.168 e. The van der Waals surface area contributed by atoms with Crippen molar-refractivity contribution in [2.24, 2.45) is 11.8 Å². The lowest BCUT2D eigenvalue weighted by molar-refractivity contribution is 0.248. The Morgan fingerprint density at radius 2 is 1.39 bits per heavy atom. The van der Waals surface area contributed by atoms with E-state index >= 15 is 0 Å². The molecule has 1 aliphatic rings. The summed E-state index contributed by atoms with van der Waals surface area (Å²) >= 11 is 0. The number of aryl methyl sites for hydroxylation is 2. The first-order valence-corrected chi connectivity index (χ1v) is 13.4. The smallest absolute Gasteiger partial charge is 0.168 e. The number of aromatic nitrogens is 2. The predicted molar refractivity (Wildman–Crippen MR) is 133 cm³/mol. The molecule has 0 spiro atoms. The fraction of sp³-hybridized carbons (Fsp3) is 0.655. The molecule has 0 saturated heterocycles. The van der Waals surface area contributed by atoms with Crippen molar-refractivity contribution in [1.82, 2.24) is 10.2 Å². The Morgan fingerprint density at radius 3 is 2.06 bits per heavy atom. The van der Waals surface area contributed by atoms with Gasteiger partial charge in [0.2, 0.25) is 0 Å². The molecule has 0 N–H and O–H groups in total. The molecule has 0 unspecified atom stereocenters. The van der Waals surface area contributed by atoms with Crippen LogP contribution in [0.1, 0.15) is 109 Å². The summed E-state index contributed by atoms with van der Waals surface area (Å²) in [5, 5.41) is 8.32. The Bertz CT molecular complexity index is 826. The van der Waals surface area contributed by atoms with E-state index in [1.165, 1.54) is 64.2 Å². The van der Waals surface area contributed by atoms with Crippen molar-refractivity contribution in [2.75, 3.05) is 0 Å². The summed E-state index contributed by atoms with van der Waals surface area (Å²) in [5.74, 6) is 0.0100. The van der Waals surface area contributed by atoms with Crippen LogP contribution in [0.5, 0.6) is 0 Å². The zero-order valence-corrected chi connectivity index (χ0v) is 20.7. The number of halogens is 2. The maximum atomic E-state index is 14.8. The maximum absolute atomic E-state index is 14.8. The lowest BCUT2D eigenvalue weighted by Gasteiger charge is -2.28. The highest BCUT2D eigenvalue weighted by Crippen LogP contribution is 2.35. The molecule has 1 saturated carbocycles. The van der Waals surface area contributed by atoms with Crippen molar-refractivity contribution in [3.8, 4) is 11.3 Å². The molecule has 0 atom stereocenters. The van der Waals surface area contributed by atoms with Gasteiger partial charge in [0.1, 0.15) is 0 Å². The highest BCUT2D eigenvalue weighted by Gasteiger charge is 2.22. The summed E-state index contributed by atoms with van der Waals surface area (Å²) < 4.78 is 29.6. The molecule has 3 rings (SSSR count). The fourth-order valence-corrected chi connectivity index (χ4v) is 5.18. The van der Waals surface area contributed by atoms with E-state index in [0.717, 1.165) is 37.3 Å². The van der Waals surface area contributed by atoms with Gasteiger partial charge in [0.05, 0.1) is 11.4 Å². The number of rotatable bonds is 13. The van der Waals surface area contributed by atoms with Crippen molar-refractivity contribution in [3.05, 3.63) is 47.2 Å². The fourth-order valence-electron chi connectivity index (χ4n) is 5.18. The first-order chi connectivity index (χ1) is 16.1. The largest absolute Gasteiger partial charge is 0.203 e. The third-order valence-electron chi connectivity index (χ3n) is 7.45. The van der Waals surface area contributed by atoms with Gasteiger partial charge in [0.15, 0.2) is 11.6 Å². The van der Waals surface area contributed by atoms with Gasteiger partial charge in [-0.2, -0.15) is 10.2 Å². The molecule has 33 heavy (non-hydrogen) atoms. The summed E-state index contributed by atoms with van der Waals surface area (Å²) in [6, 6.07) is 7.02. The first kappa shape index (κ1) is 25.8. The molecule has 1 aromatic carbocycles. The normalized spacial score (nSPS) is 18.5. The van der Waals surface area contributed by atoms with Crippen molar-refractivity contribution >= 4 is 0 Å². The van der Waals surface area contributed by atoms with Gasteiger partial charge in [-0.05, 0) is 61.3 Å². The van der Waals surface area contributed by atoms with Crippen LogP contribution in [0, 0.1) is 23.5 Å². The summed E-state index contributed by atoms with van der Waals surface area (Å²) in [4.78, 5) is 0. The molecular weight excluding hydrogens is 414 g/mol. The van der Waals surface area contributed by atoms with Crippen LogP contribution in [-0.4, -0.2) is 10.2 Å². The van der Waals surface area contributed by atoms with Gasteiger partial charge in [-0.25, -0.2) is 8.78 Å². The monoisotopic (exact) mass is 456 g/mol. The van der Waals surface area contributed by atoms with Crippen LogP contribution in [0.4, 0.5) is 8.78 Å².